The van der Waals surface area contributed by atoms with E-state index in [-0.39, 0.29) is 33.7 Å². The first-order chi connectivity index (χ1) is 15.8. The van der Waals surface area contributed by atoms with Gasteiger partial charge in [-0.1, -0.05) is 41.4 Å². The number of hydrogen-bond acceptors (Lipinski definition) is 5. The Morgan fingerprint density at radius 2 is 2.12 bits per heavy atom. The highest BCUT2D eigenvalue weighted by molar-refractivity contribution is 7.77. The molecule has 4 aromatic rings. The Hall–Kier alpha value is -2.69. The number of ether oxygens (including phenoxy) is 1. The lowest BCUT2D eigenvalue weighted by Crippen LogP contribution is -2.15. The van der Waals surface area contributed by atoms with Gasteiger partial charge in [0.2, 0.25) is 17.0 Å². The predicted molar refractivity (Wildman–Crippen MR) is 127 cm³/mol. The number of nitrogen functional groups attached to an aromatic ring is 1. The summed E-state index contributed by atoms with van der Waals surface area (Å²) in [6.45, 7) is 1.87. The van der Waals surface area contributed by atoms with Crippen LogP contribution in [0.3, 0.4) is 0 Å². The minimum atomic E-state index is -2.12. The van der Waals surface area contributed by atoms with Crippen molar-refractivity contribution >= 4 is 51.3 Å². The fraction of sp³-hybridized carbons (Fsp3) is 0.136. The molecule has 2 aromatic heterocycles. The summed E-state index contributed by atoms with van der Waals surface area (Å²) in [5.74, 6) is -0.353. The fourth-order valence-corrected chi connectivity index (χ4v) is 4.43. The zero-order valence-electron chi connectivity index (χ0n) is 17.1. The highest BCUT2D eigenvalue weighted by atomic mass is 35.5. The number of rotatable bonds is 7. The van der Waals surface area contributed by atoms with Crippen LogP contribution in [0.25, 0.3) is 22.1 Å². The topological polar surface area (TPSA) is 111 Å². The van der Waals surface area contributed by atoms with Crippen LogP contribution in [0.2, 0.25) is 10.0 Å². The molecule has 0 radical (unpaired) electrons. The molecule has 172 valence electrons. The van der Waals surface area contributed by atoms with E-state index in [1.807, 2.05) is 24.3 Å². The predicted octanol–water partition coefficient (Wildman–Crippen LogP) is 5.89. The van der Waals surface area contributed by atoms with E-state index < -0.39 is 23.2 Å². The van der Waals surface area contributed by atoms with Crippen molar-refractivity contribution in [2.24, 2.45) is 0 Å². The van der Waals surface area contributed by atoms with Gasteiger partial charge in [-0.15, -0.1) is 0 Å². The molecule has 1 unspecified atom stereocenters. The zero-order chi connectivity index (χ0) is 23.7. The van der Waals surface area contributed by atoms with Gasteiger partial charge < -0.3 is 14.9 Å². The molecule has 0 saturated heterocycles. The van der Waals surface area contributed by atoms with Gasteiger partial charge in [0.1, 0.15) is 11.9 Å². The third kappa shape index (κ3) is 4.83. The smallest absolute Gasteiger partial charge is 0.232 e. The lowest BCUT2D eigenvalue weighted by molar-refractivity contribution is 0.227. The van der Waals surface area contributed by atoms with Crippen LogP contribution in [0.4, 0.5) is 10.2 Å². The summed E-state index contributed by atoms with van der Waals surface area (Å²) in [6, 6.07) is 9.96. The van der Waals surface area contributed by atoms with Crippen LogP contribution in [0.1, 0.15) is 24.2 Å². The molecule has 0 aliphatic heterocycles. The first kappa shape index (κ1) is 23.5. The van der Waals surface area contributed by atoms with Gasteiger partial charge in [-0.2, -0.15) is 0 Å². The van der Waals surface area contributed by atoms with Crippen LogP contribution in [0.15, 0.2) is 53.3 Å². The Balaban J connectivity index is 1.72. The van der Waals surface area contributed by atoms with Crippen LogP contribution in [0, 0.1) is 5.82 Å². The van der Waals surface area contributed by atoms with Crippen molar-refractivity contribution in [3.05, 3.63) is 75.8 Å². The second-order valence-electron chi connectivity index (χ2n) is 7.15. The first-order valence-corrected chi connectivity index (χ1v) is 11.5. The number of pyridine rings is 1. The number of furan rings is 1. The van der Waals surface area contributed by atoms with Crippen LogP contribution < -0.4 is 15.2 Å². The highest BCUT2D eigenvalue weighted by Gasteiger charge is 2.23. The summed E-state index contributed by atoms with van der Waals surface area (Å²) in [5.41, 5.74) is 9.03. The van der Waals surface area contributed by atoms with E-state index in [0.29, 0.717) is 11.0 Å². The van der Waals surface area contributed by atoms with Crippen molar-refractivity contribution < 1.29 is 22.3 Å². The van der Waals surface area contributed by atoms with Gasteiger partial charge in [-0.3, -0.25) is 4.55 Å². The summed E-state index contributed by atoms with van der Waals surface area (Å²) in [7, 11) is 0. The van der Waals surface area contributed by atoms with Crippen molar-refractivity contribution in [3.63, 3.8) is 0 Å². The van der Waals surface area contributed by atoms with Crippen molar-refractivity contribution in [2.75, 3.05) is 5.73 Å². The van der Waals surface area contributed by atoms with Gasteiger partial charge in [0.15, 0.2) is 11.4 Å². The molecule has 2 heterocycles. The number of aromatic nitrogens is 1. The minimum Gasteiger partial charge on any atom is -0.478 e. The monoisotopic (exact) mass is 509 g/mol. The number of benzene rings is 2. The molecule has 0 fully saturated rings. The average molecular weight is 510 g/mol. The Bertz CT molecular complexity index is 1370. The van der Waals surface area contributed by atoms with Crippen LogP contribution in [-0.4, -0.2) is 13.7 Å². The molecule has 2 aromatic carbocycles. The van der Waals surface area contributed by atoms with E-state index in [2.05, 4.69) is 9.71 Å². The summed E-state index contributed by atoms with van der Waals surface area (Å²) in [4.78, 5) is 4.22. The largest absolute Gasteiger partial charge is 0.478 e. The molecule has 0 aliphatic carbocycles. The van der Waals surface area contributed by atoms with E-state index >= 15 is 0 Å². The van der Waals surface area contributed by atoms with Crippen molar-refractivity contribution in [2.45, 2.75) is 19.6 Å². The lowest BCUT2D eigenvalue weighted by Gasteiger charge is -2.18. The molecule has 4 N–H and O–H groups in total. The molecule has 11 heteroatoms. The third-order valence-corrected chi connectivity index (χ3v) is 6.12. The molecule has 2 atom stereocenters. The highest BCUT2D eigenvalue weighted by Crippen LogP contribution is 2.41. The number of nitrogens with one attached hydrogen (secondary N) is 1. The van der Waals surface area contributed by atoms with Crippen molar-refractivity contribution in [1.82, 2.24) is 9.71 Å². The SMILES string of the molecule is C[C@@H](Oc1c(N)ncc2c(-c3cccc(CNS(=O)O)c3)coc12)c1c(Cl)ccc(F)c1Cl. The fourth-order valence-electron chi connectivity index (χ4n) is 3.46. The molecule has 0 bridgehead atoms. The van der Waals surface area contributed by atoms with Gasteiger partial charge in [0, 0.05) is 28.9 Å². The van der Waals surface area contributed by atoms with Crippen LogP contribution >= 0.6 is 23.2 Å². The Kier molecular flexibility index (Phi) is 6.87. The molecule has 0 saturated carbocycles. The molecule has 4 rings (SSSR count). The van der Waals surface area contributed by atoms with Gasteiger partial charge in [-0.25, -0.2) is 18.3 Å². The van der Waals surface area contributed by atoms with Gasteiger partial charge in [0.25, 0.3) is 0 Å². The third-order valence-electron chi connectivity index (χ3n) is 5.02. The second kappa shape index (κ2) is 9.66. The second-order valence-corrected chi connectivity index (χ2v) is 8.72. The summed E-state index contributed by atoms with van der Waals surface area (Å²) >= 11 is 10.2. The van der Waals surface area contributed by atoms with E-state index in [9.17, 15) is 8.60 Å². The molecule has 33 heavy (non-hydrogen) atoms. The molecular weight excluding hydrogens is 492 g/mol. The van der Waals surface area contributed by atoms with Gasteiger partial charge in [-0.05, 0) is 36.2 Å². The molecule has 0 spiro atoms. The van der Waals surface area contributed by atoms with E-state index in [1.165, 1.54) is 12.1 Å². The summed E-state index contributed by atoms with van der Waals surface area (Å²) < 4.78 is 48.1. The molecular formula is C22H18Cl2FN3O4S. The van der Waals surface area contributed by atoms with E-state index in [1.54, 1.807) is 19.4 Å². The number of halogens is 3. The maximum absolute atomic E-state index is 14.0. The minimum absolute atomic E-state index is 0.0854. The number of fused-ring (bicyclic) bond motifs is 1. The summed E-state index contributed by atoms with van der Waals surface area (Å²) in [5, 5.41) is 0.753. The molecule has 0 amide bonds. The summed E-state index contributed by atoms with van der Waals surface area (Å²) in [6.07, 6.45) is 2.36. The standard InChI is InChI=1S/C22H18Cl2FN3O4S/c1-11(18-16(23)5-6-17(25)19(18)24)32-21-20-14(9-27-22(21)26)15(10-31-20)13-4-2-3-12(7-13)8-28-33(29)30/h2-7,9-11,28H,8H2,1H3,(H2,26,27)(H,29,30)/t11-/m1/s1. The number of anilines is 1. The van der Waals surface area contributed by atoms with Crippen LogP contribution in [-0.2, 0) is 17.8 Å². The molecule has 7 nitrogen and oxygen atoms in total. The number of nitrogens with two attached hydrogens (primary N) is 1. The zero-order valence-corrected chi connectivity index (χ0v) is 19.5. The maximum Gasteiger partial charge on any atom is 0.232 e. The number of hydrogen-bond donors (Lipinski definition) is 3. The van der Waals surface area contributed by atoms with E-state index in [0.717, 1.165) is 16.7 Å². The van der Waals surface area contributed by atoms with E-state index in [4.69, 9.17) is 42.6 Å². The van der Waals surface area contributed by atoms with Crippen molar-refractivity contribution in [3.8, 4) is 16.9 Å². The first-order valence-electron chi connectivity index (χ1n) is 9.65. The van der Waals surface area contributed by atoms with Gasteiger partial charge >= 0.3 is 0 Å². The van der Waals surface area contributed by atoms with Gasteiger partial charge in [0.05, 0.1) is 16.7 Å². The lowest BCUT2D eigenvalue weighted by atomic mass is 10.0. The number of nitrogens with zero attached hydrogens (tertiary/aromatic N) is 1. The van der Waals surface area contributed by atoms with Crippen LogP contribution in [0.5, 0.6) is 5.75 Å². The molecule has 0 aliphatic rings. The Morgan fingerprint density at radius 3 is 2.88 bits per heavy atom. The van der Waals surface area contributed by atoms with Crippen molar-refractivity contribution in [1.29, 1.82) is 0 Å². The quantitative estimate of drug-likeness (QED) is 0.211. The Labute approximate surface area is 201 Å². The average Bonchev–Trinajstić information content (AvgIpc) is 3.22. The Morgan fingerprint density at radius 1 is 1.33 bits per heavy atom. The maximum atomic E-state index is 14.0. The normalized spacial score (nSPS) is 13.2.